The fourth-order valence-corrected chi connectivity index (χ4v) is 3.03. The molecule has 0 heterocycles. The summed E-state index contributed by atoms with van der Waals surface area (Å²) < 4.78 is 10.7. The van der Waals surface area contributed by atoms with Gasteiger partial charge in [-0.1, -0.05) is 65.2 Å². The maximum atomic E-state index is 12.6. The fraction of sp³-hybridized carbons (Fsp3) is 0.652. The lowest BCUT2D eigenvalue weighted by Gasteiger charge is -2.27. The predicted molar refractivity (Wildman–Crippen MR) is 112 cm³/mol. The molecule has 0 aliphatic carbocycles. The van der Waals surface area contributed by atoms with Crippen LogP contribution in [0.5, 0.6) is 0 Å². The third-order valence-corrected chi connectivity index (χ3v) is 4.69. The zero-order chi connectivity index (χ0) is 20.9. The molecule has 0 fully saturated rings. The van der Waals surface area contributed by atoms with Gasteiger partial charge in [-0.05, 0) is 36.8 Å². The Balaban J connectivity index is 2.98. The van der Waals surface area contributed by atoms with Crippen molar-refractivity contribution in [3.05, 3.63) is 35.4 Å². The number of hydrogen-bond acceptors (Lipinski definition) is 4. The lowest BCUT2D eigenvalue weighted by atomic mass is 9.98. The van der Waals surface area contributed by atoms with E-state index in [1.807, 2.05) is 39.0 Å². The molecule has 0 aliphatic rings. The predicted octanol–water partition coefficient (Wildman–Crippen LogP) is 5.67. The normalized spacial score (nSPS) is 11.9. The molecule has 5 nitrogen and oxygen atoms in total. The van der Waals surface area contributed by atoms with Crippen molar-refractivity contribution in [2.45, 2.75) is 66.8 Å². The summed E-state index contributed by atoms with van der Waals surface area (Å²) in [4.78, 5) is 26.8. The number of amides is 1. The van der Waals surface area contributed by atoms with Crippen LogP contribution in [0, 0.1) is 11.8 Å². The van der Waals surface area contributed by atoms with E-state index in [-0.39, 0.29) is 18.0 Å². The minimum atomic E-state index is -0.342. The van der Waals surface area contributed by atoms with E-state index in [1.165, 1.54) is 0 Å². The number of esters is 1. The van der Waals surface area contributed by atoms with Gasteiger partial charge < -0.3 is 14.4 Å². The Labute approximate surface area is 170 Å². The van der Waals surface area contributed by atoms with E-state index in [9.17, 15) is 9.59 Å². The van der Waals surface area contributed by atoms with Crippen molar-refractivity contribution in [1.29, 1.82) is 0 Å². The highest BCUT2D eigenvalue weighted by Gasteiger charge is 2.22. The van der Waals surface area contributed by atoms with Crippen molar-refractivity contribution in [1.82, 2.24) is 4.90 Å². The van der Waals surface area contributed by atoms with E-state index < -0.39 is 0 Å². The highest BCUT2D eigenvalue weighted by atomic mass is 16.6. The van der Waals surface area contributed by atoms with Crippen LogP contribution < -0.4 is 0 Å². The Morgan fingerprint density at radius 3 is 2.39 bits per heavy atom. The molecule has 158 valence electrons. The van der Waals surface area contributed by atoms with Gasteiger partial charge in [-0.3, -0.25) is 0 Å². The van der Waals surface area contributed by atoms with E-state index in [0.717, 1.165) is 31.2 Å². The lowest BCUT2D eigenvalue weighted by molar-refractivity contribution is 0.0454. The minimum absolute atomic E-state index is 0.274. The average Bonchev–Trinajstić information content (AvgIpc) is 2.68. The second kappa shape index (κ2) is 13.2. The molecular weight excluding hydrogens is 354 g/mol. The number of rotatable bonds is 12. The molecule has 0 bridgehead atoms. The number of nitrogens with zero attached hydrogens (tertiary/aromatic N) is 1. The Morgan fingerprint density at radius 1 is 1.07 bits per heavy atom. The van der Waals surface area contributed by atoms with Gasteiger partial charge in [0.15, 0.2) is 0 Å². The van der Waals surface area contributed by atoms with Crippen LogP contribution in [0.25, 0.3) is 0 Å². The van der Waals surface area contributed by atoms with Gasteiger partial charge >= 0.3 is 12.1 Å². The Hall–Kier alpha value is -2.04. The summed E-state index contributed by atoms with van der Waals surface area (Å²) in [6, 6.07) is 7.34. The van der Waals surface area contributed by atoms with Gasteiger partial charge in [-0.15, -0.1) is 0 Å². The van der Waals surface area contributed by atoms with Crippen LogP contribution >= 0.6 is 0 Å². The maximum absolute atomic E-state index is 12.6. The monoisotopic (exact) mass is 391 g/mol. The quantitative estimate of drug-likeness (QED) is 0.431. The second-order valence-electron chi connectivity index (χ2n) is 7.65. The van der Waals surface area contributed by atoms with Gasteiger partial charge in [0.1, 0.15) is 0 Å². The van der Waals surface area contributed by atoms with Crippen molar-refractivity contribution >= 4 is 12.1 Å². The molecule has 0 aliphatic heterocycles. The van der Waals surface area contributed by atoms with Gasteiger partial charge in [0.25, 0.3) is 0 Å². The van der Waals surface area contributed by atoms with Crippen LogP contribution in [0.4, 0.5) is 4.79 Å². The largest absolute Gasteiger partial charge is 0.462 e. The van der Waals surface area contributed by atoms with E-state index in [4.69, 9.17) is 9.47 Å². The first kappa shape index (κ1) is 24.0. The highest BCUT2D eigenvalue weighted by Crippen LogP contribution is 2.19. The summed E-state index contributed by atoms with van der Waals surface area (Å²) in [6.45, 7) is 11.8. The van der Waals surface area contributed by atoms with Crippen molar-refractivity contribution in [3.63, 3.8) is 0 Å². The summed E-state index contributed by atoms with van der Waals surface area (Å²) in [5.41, 5.74) is 1.30. The van der Waals surface area contributed by atoms with E-state index in [0.29, 0.717) is 37.8 Å². The summed E-state index contributed by atoms with van der Waals surface area (Å²) in [7, 11) is 0. The molecule has 1 atom stereocenters. The van der Waals surface area contributed by atoms with Crippen molar-refractivity contribution in [3.8, 4) is 0 Å². The molecule has 0 radical (unpaired) electrons. The Kier molecular flexibility index (Phi) is 11.3. The van der Waals surface area contributed by atoms with Crippen LogP contribution in [-0.4, -0.2) is 36.7 Å². The zero-order valence-corrected chi connectivity index (χ0v) is 18.2. The zero-order valence-electron chi connectivity index (χ0n) is 18.2. The fourth-order valence-electron chi connectivity index (χ4n) is 3.03. The van der Waals surface area contributed by atoms with Crippen LogP contribution in [-0.2, 0) is 16.0 Å². The van der Waals surface area contributed by atoms with E-state index >= 15 is 0 Å². The molecule has 0 spiro atoms. The van der Waals surface area contributed by atoms with Crippen LogP contribution in [0.15, 0.2) is 24.3 Å². The molecule has 1 unspecified atom stereocenters. The summed E-state index contributed by atoms with van der Waals surface area (Å²) in [6.07, 6.45) is 4.05. The average molecular weight is 392 g/mol. The van der Waals surface area contributed by atoms with Gasteiger partial charge in [0, 0.05) is 13.1 Å². The first-order valence-electron chi connectivity index (χ1n) is 10.6. The summed E-state index contributed by atoms with van der Waals surface area (Å²) in [5.74, 6) is 0.353. The van der Waals surface area contributed by atoms with Crippen molar-refractivity contribution < 1.29 is 19.1 Å². The van der Waals surface area contributed by atoms with Crippen molar-refractivity contribution in [2.24, 2.45) is 11.8 Å². The van der Waals surface area contributed by atoms with Crippen LogP contribution in [0.3, 0.4) is 0 Å². The number of benzene rings is 1. The topological polar surface area (TPSA) is 55.8 Å². The number of carbonyl (C=O) groups is 2. The first-order chi connectivity index (χ1) is 13.4. The van der Waals surface area contributed by atoms with E-state index in [1.54, 1.807) is 11.0 Å². The molecule has 5 heteroatoms. The van der Waals surface area contributed by atoms with Crippen molar-refractivity contribution in [2.75, 3.05) is 19.8 Å². The number of carbonyl (C=O) groups excluding carboxylic acids is 2. The molecule has 0 saturated carbocycles. The highest BCUT2D eigenvalue weighted by molar-refractivity contribution is 5.91. The van der Waals surface area contributed by atoms with Crippen LogP contribution in [0.1, 0.15) is 76.2 Å². The third kappa shape index (κ3) is 8.32. The third-order valence-electron chi connectivity index (χ3n) is 4.69. The second-order valence-corrected chi connectivity index (χ2v) is 7.65. The standard InChI is InChI=1S/C23H37NO4/c1-6-9-12-19(7-2)15-24(23(26)27-8-3)16-20-13-10-11-14-21(20)22(25)28-17-18(4)5/h10-11,13-14,18-19H,6-9,12,15-17H2,1-5H3. The van der Waals surface area contributed by atoms with Gasteiger partial charge in [-0.25, -0.2) is 9.59 Å². The molecule has 1 aromatic carbocycles. The maximum Gasteiger partial charge on any atom is 0.410 e. The van der Waals surface area contributed by atoms with E-state index in [2.05, 4.69) is 13.8 Å². The molecule has 0 aromatic heterocycles. The Morgan fingerprint density at radius 2 is 1.79 bits per heavy atom. The smallest absolute Gasteiger partial charge is 0.410 e. The Bertz CT molecular complexity index is 600. The summed E-state index contributed by atoms with van der Waals surface area (Å²) >= 11 is 0. The molecule has 1 amide bonds. The van der Waals surface area contributed by atoms with Gasteiger partial charge in [0.2, 0.25) is 0 Å². The van der Waals surface area contributed by atoms with Crippen LogP contribution in [0.2, 0.25) is 0 Å². The van der Waals surface area contributed by atoms with Gasteiger partial charge in [-0.2, -0.15) is 0 Å². The first-order valence-corrected chi connectivity index (χ1v) is 10.6. The van der Waals surface area contributed by atoms with Gasteiger partial charge in [0.05, 0.1) is 18.8 Å². The molecule has 0 N–H and O–H groups in total. The number of unbranched alkanes of at least 4 members (excludes halogenated alkanes) is 1. The molecule has 28 heavy (non-hydrogen) atoms. The molecule has 1 rings (SSSR count). The number of hydrogen-bond donors (Lipinski definition) is 0. The minimum Gasteiger partial charge on any atom is -0.462 e. The molecular formula is C23H37NO4. The SMILES string of the molecule is CCCCC(CC)CN(Cc1ccccc1C(=O)OCC(C)C)C(=O)OCC. The lowest BCUT2D eigenvalue weighted by Crippen LogP contribution is -2.36. The molecule has 0 saturated heterocycles. The summed E-state index contributed by atoms with van der Waals surface area (Å²) in [5, 5.41) is 0. The number of ether oxygens (including phenoxy) is 2. The molecule has 1 aromatic rings.